The molecule has 0 aliphatic rings. The van der Waals surface area contributed by atoms with Gasteiger partial charge in [-0.1, -0.05) is 0 Å². The highest BCUT2D eigenvalue weighted by atomic mass is 19.1. The first-order valence-electron chi connectivity index (χ1n) is 3.49. The van der Waals surface area contributed by atoms with Gasteiger partial charge in [-0.15, -0.1) is 0 Å². The zero-order chi connectivity index (χ0) is 8.91. The summed E-state index contributed by atoms with van der Waals surface area (Å²) in [7, 11) is 0. The van der Waals surface area contributed by atoms with Crippen LogP contribution in [0.2, 0.25) is 0 Å². The van der Waals surface area contributed by atoms with E-state index in [0.29, 0.717) is 12.9 Å². The number of ether oxygens (including phenoxy) is 1. The minimum Gasteiger partial charge on any atom is -0.465 e. The summed E-state index contributed by atoms with van der Waals surface area (Å²) in [6.07, 6.45) is 1.53. The molecule has 0 aromatic carbocycles. The Hall–Kier alpha value is -0.860. The maximum absolute atomic E-state index is 11.7. The van der Waals surface area contributed by atoms with E-state index in [9.17, 15) is 9.18 Å². The van der Waals surface area contributed by atoms with Crippen LogP contribution in [0.15, 0.2) is 12.4 Å². The highest BCUT2D eigenvalue weighted by Crippen LogP contribution is 2.18. The summed E-state index contributed by atoms with van der Waals surface area (Å²) in [4.78, 5) is 11.0. The fourth-order valence-corrected chi connectivity index (χ4v) is 0.543. The number of carbonyl (C=O) groups is 1. The van der Waals surface area contributed by atoms with Crippen molar-refractivity contribution in [2.45, 2.75) is 20.8 Å². The van der Waals surface area contributed by atoms with Crippen molar-refractivity contribution in [3.05, 3.63) is 12.4 Å². The third-order valence-electron chi connectivity index (χ3n) is 1.28. The SMILES string of the molecule is CCOC(=O)C(C)(C)C=CF. The first kappa shape index (κ1) is 10.1. The molecular formula is C8H13FO2. The molecule has 2 nitrogen and oxygen atoms in total. The Balaban J connectivity index is 4.17. The molecule has 0 amide bonds. The van der Waals surface area contributed by atoms with Gasteiger partial charge in [-0.05, 0) is 26.8 Å². The maximum atomic E-state index is 11.7. The molecule has 0 heterocycles. The summed E-state index contributed by atoms with van der Waals surface area (Å²) in [5, 5.41) is 0. The van der Waals surface area contributed by atoms with Gasteiger partial charge in [-0.2, -0.15) is 0 Å². The van der Waals surface area contributed by atoms with E-state index in [2.05, 4.69) is 0 Å². The molecule has 0 N–H and O–H groups in total. The van der Waals surface area contributed by atoms with Crippen LogP contribution in [-0.2, 0) is 9.53 Å². The lowest BCUT2D eigenvalue weighted by atomic mass is 9.94. The second-order valence-corrected chi connectivity index (χ2v) is 2.73. The van der Waals surface area contributed by atoms with Crippen molar-refractivity contribution in [3.63, 3.8) is 0 Å². The molecule has 0 aliphatic carbocycles. The smallest absolute Gasteiger partial charge is 0.315 e. The van der Waals surface area contributed by atoms with Crippen molar-refractivity contribution in [2.75, 3.05) is 6.61 Å². The second kappa shape index (κ2) is 4.11. The van der Waals surface area contributed by atoms with Crippen LogP contribution in [0, 0.1) is 5.41 Å². The lowest BCUT2D eigenvalue weighted by molar-refractivity contribution is -0.150. The standard InChI is InChI=1S/C8H13FO2/c1-4-11-7(10)8(2,3)5-6-9/h5-6H,4H2,1-3H3. The van der Waals surface area contributed by atoms with Crippen LogP contribution in [0.3, 0.4) is 0 Å². The number of esters is 1. The largest absolute Gasteiger partial charge is 0.465 e. The molecule has 0 fully saturated rings. The van der Waals surface area contributed by atoms with Gasteiger partial charge in [0.15, 0.2) is 0 Å². The Morgan fingerprint density at radius 1 is 1.64 bits per heavy atom. The molecule has 0 aromatic rings. The zero-order valence-electron chi connectivity index (χ0n) is 7.06. The number of rotatable bonds is 3. The molecule has 0 bridgehead atoms. The van der Waals surface area contributed by atoms with Crippen molar-refractivity contribution < 1.29 is 13.9 Å². The number of hydrogen-bond donors (Lipinski definition) is 0. The summed E-state index contributed by atoms with van der Waals surface area (Å²) >= 11 is 0. The van der Waals surface area contributed by atoms with Crippen LogP contribution in [0.5, 0.6) is 0 Å². The third-order valence-corrected chi connectivity index (χ3v) is 1.28. The molecule has 0 unspecified atom stereocenters. The van der Waals surface area contributed by atoms with Crippen molar-refractivity contribution >= 4 is 5.97 Å². The Kier molecular flexibility index (Phi) is 3.79. The highest BCUT2D eigenvalue weighted by Gasteiger charge is 2.25. The van der Waals surface area contributed by atoms with Crippen LogP contribution < -0.4 is 0 Å². The van der Waals surface area contributed by atoms with Crippen molar-refractivity contribution in [1.82, 2.24) is 0 Å². The Morgan fingerprint density at radius 3 is 2.55 bits per heavy atom. The van der Waals surface area contributed by atoms with E-state index >= 15 is 0 Å². The minimum absolute atomic E-state index is 0.322. The molecule has 0 rings (SSSR count). The minimum atomic E-state index is -0.856. The summed E-state index contributed by atoms with van der Waals surface area (Å²) in [5.74, 6) is -0.408. The van der Waals surface area contributed by atoms with Crippen LogP contribution in [-0.4, -0.2) is 12.6 Å². The first-order valence-corrected chi connectivity index (χ1v) is 3.49. The van der Waals surface area contributed by atoms with Gasteiger partial charge < -0.3 is 4.74 Å². The molecule has 3 heteroatoms. The van der Waals surface area contributed by atoms with E-state index in [1.165, 1.54) is 6.08 Å². The van der Waals surface area contributed by atoms with Gasteiger partial charge in [0.25, 0.3) is 0 Å². The van der Waals surface area contributed by atoms with Crippen LogP contribution in [0.1, 0.15) is 20.8 Å². The number of halogens is 1. The molecule has 0 saturated carbocycles. The molecule has 0 aliphatic heterocycles. The molecule has 0 aromatic heterocycles. The van der Waals surface area contributed by atoms with Crippen LogP contribution >= 0.6 is 0 Å². The van der Waals surface area contributed by atoms with Gasteiger partial charge in [0.05, 0.1) is 18.4 Å². The molecule has 11 heavy (non-hydrogen) atoms. The molecule has 0 radical (unpaired) electrons. The highest BCUT2D eigenvalue weighted by molar-refractivity contribution is 5.78. The summed E-state index contributed by atoms with van der Waals surface area (Å²) in [6.45, 7) is 5.23. The van der Waals surface area contributed by atoms with Gasteiger partial charge in [0.1, 0.15) is 0 Å². The second-order valence-electron chi connectivity index (χ2n) is 2.73. The zero-order valence-corrected chi connectivity index (χ0v) is 7.06. The predicted octanol–water partition coefficient (Wildman–Crippen LogP) is 2.06. The van der Waals surface area contributed by atoms with Gasteiger partial charge >= 0.3 is 5.97 Å². The van der Waals surface area contributed by atoms with Crippen LogP contribution in [0.4, 0.5) is 4.39 Å². The van der Waals surface area contributed by atoms with Gasteiger partial charge in [-0.25, -0.2) is 4.39 Å². The van der Waals surface area contributed by atoms with E-state index in [0.717, 1.165) is 0 Å². The van der Waals surface area contributed by atoms with E-state index in [4.69, 9.17) is 4.74 Å². The quantitative estimate of drug-likeness (QED) is 0.591. The van der Waals surface area contributed by atoms with Crippen molar-refractivity contribution in [2.24, 2.45) is 5.41 Å². The van der Waals surface area contributed by atoms with Gasteiger partial charge in [0.2, 0.25) is 0 Å². The predicted molar refractivity (Wildman–Crippen MR) is 40.7 cm³/mol. The molecule has 0 saturated heterocycles. The monoisotopic (exact) mass is 160 g/mol. The van der Waals surface area contributed by atoms with E-state index < -0.39 is 11.4 Å². The first-order chi connectivity index (χ1) is 5.04. The lowest BCUT2D eigenvalue weighted by Crippen LogP contribution is -2.24. The lowest BCUT2D eigenvalue weighted by Gasteiger charge is -2.16. The van der Waals surface area contributed by atoms with Crippen LogP contribution in [0.25, 0.3) is 0 Å². The maximum Gasteiger partial charge on any atom is 0.315 e. The van der Waals surface area contributed by atoms with E-state index in [1.807, 2.05) is 0 Å². The van der Waals surface area contributed by atoms with Crippen molar-refractivity contribution in [3.8, 4) is 0 Å². The summed E-state index contributed by atoms with van der Waals surface area (Å²) in [5.41, 5.74) is -0.856. The Bertz CT molecular complexity index is 161. The molecular weight excluding hydrogens is 147 g/mol. The molecule has 0 atom stereocenters. The molecule has 64 valence electrons. The van der Waals surface area contributed by atoms with E-state index in [-0.39, 0.29) is 0 Å². The topological polar surface area (TPSA) is 26.3 Å². The molecule has 0 spiro atoms. The fraction of sp³-hybridized carbons (Fsp3) is 0.625. The number of carbonyl (C=O) groups excluding carboxylic acids is 1. The summed E-state index contributed by atoms with van der Waals surface area (Å²) in [6, 6.07) is 0. The average molecular weight is 160 g/mol. The van der Waals surface area contributed by atoms with Crippen molar-refractivity contribution in [1.29, 1.82) is 0 Å². The number of hydrogen-bond acceptors (Lipinski definition) is 2. The fourth-order valence-electron chi connectivity index (χ4n) is 0.543. The normalized spacial score (nSPS) is 12.0. The van der Waals surface area contributed by atoms with E-state index in [1.54, 1.807) is 20.8 Å². The summed E-state index contributed by atoms with van der Waals surface area (Å²) < 4.78 is 16.4. The average Bonchev–Trinajstić information content (AvgIpc) is 1.88. The van der Waals surface area contributed by atoms with Gasteiger partial charge in [-0.3, -0.25) is 4.79 Å². The third kappa shape index (κ3) is 3.16. The Morgan fingerprint density at radius 2 is 2.18 bits per heavy atom. The van der Waals surface area contributed by atoms with Gasteiger partial charge in [0, 0.05) is 0 Å². The Labute approximate surface area is 66.0 Å².